The lowest BCUT2D eigenvalue weighted by Crippen LogP contribution is -2.53. The molecular weight excluding hydrogens is 378 g/mol. The number of fused-ring (bicyclic) bond motifs is 1. The van der Waals surface area contributed by atoms with E-state index in [1.165, 1.54) is 0 Å². The number of carbonyl (C=O) groups excluding carboxylic acids is 2. The first-order chi connectivity index (χ1) is 14.2. The molecule has 0 aromatic heterocycles. The lowest BCUT2D eigenvalue weighted by atomic mass is 10.0. The summed E-state index contributed by atoms with van der Waals surface area (Å²) in [5.74, 6) is 0.395. The van der Waals surface area contributed by atoms with Crippen molar-refractivity contribution in [3.8, 4) is 5.75 Å². The van der Waals surface area contributed by atoms with Crippen LogP contribution >= 0.6 is 0 Å². The van der Waals surface area contributed by atoms with Crippen molar-refractivity contribution in [3.05, 3.63) is 48.0 Å². The summed E-state index contributed by atoms with van der Waals surface area (Å²) in [7, 11) is 0. The molecule has 0 saturated heterocycles. The van der Waals surface area contributed by atoms with Crippen LogP contribution < -0.4 is 19.9 Å². The minimum absolute atomic E-state index is 0.128. The Morgan fingerprint density at radius 1 is 1.10 bits per heavy atom. The van der Waals surface area contributed by atoms with Crippen molar-refractivity contribution in [2.75, 3.05) is 34.8 Å². The molecule has 1 heterocycles. The third-order valence-corrected chi connectivity index (χ3v) is 5.37. The van der Waals surface area contributed by atoms with Gasteiger partial charge in [0.25, 0.3) is 5.91 Å². The van der Waals surface area contributed by atoms with Crippen molar-refractivity contribution >= 4 is 28.9 Å². The average molecular weight is 410 g/mol. The number of benzene rings is 2. The minimum Gasteiger partial charge on any atom is -0.476 e. The van der Waals surface area contributed by atoms with Gasteiger partial charge in [-0.15, -0.1) is 0 Å². The standard InChI is InChI=1S/C24H31N3O3/c1-6-26(7-2)19-11-9-18(10-12-19)25-22(28)14-15-27-20-16-17(3)8-13-21(20)30-24(4,5)23(27)29/h8-13,16H,6-7,14-15H2,1-5H3,(H,25,28). The van der Waals surface area contributed by atoms with Gasteiger partial charge in [-0.25, -0.2) is 0 Å². The number of aryl methyl sites for hydroxylation is 1. The molecule has 2 amide bonds. The summed E-state index contributed by atoms with van der Waals surface area (Å²) in [6.45, 7) is 11.9. The van der Waals surface area contributed by atoms with Gasteiger partial charge in [0, 0.05) is 37.4 Å². The fraction of sp³-hybridized carbons (Fsp3) is 0.417. The van der Waals surface area contributed by atoms with E-state index < -0.39 is 5.60 Å². The van der Waals surface area contributed by atoms with E-state index in [0.29, 0.717) is 12.3 Å². The number of amides is 2. The van der Waals surface area contributed by atoms with Gasteiger partial charge in [0.2, 0.25) is 5.91 Å². The van der Waals surface area contributed by atoms with E-state index in [1.54, 1.807) is 18.7 Å². The zero-order valence-corrected chi connectivity index (χ0v) is 18.5. The van der Waals surface area contributed by atoms with Crippen LogP contribution in [0.3, 0.4) is 0 Å². The molecule has 2 aromatic rings. The fourth-order valence-electron chi connectivity index (χ4n) is 3.68. The maximum absolute atomic E-state index is 12.9. The van der Waals surface area contributed by atoms with Gasteiger partial charge >= 0.3 is 0 Å². The predicted octanol–water partition coefficient (Wildman–Crippen LogP) is 4.37. The minimum atomic E-state index is -0.959. The molecule has 0 spiro atoms. The third-order valence-electron chi connectivity index (χ3n) is 5.37. The zero-order valence-electron chi connectivity index (χ0n) is 18.5. The number of anilines is 3. The van der Waals surface area contributed by atoms with Crippen molar-refractivity contribution in [2.24, 2.45) is 0 Å². The lowest BCUT2D eigenvalue weighted by Gasteiger charge is -2.38. The Balaban J connectivity index is 1.67. The van der Waals surface area contributed by atoms with Crippen LogP contribution in [0.15, 0.2) is 42.5 Å². The Hall–Kier alpha value is -3.02. The van der Waals surface area contributed by atoms with Crippen molar-refractivity contribution < 1.29 is 14.3 Å². The summed E-state index contributed by atoms with van der Waals surface area (Å²) < 4.78 is 5.87. The Labute approximate surface area is 178 Å². The Morgan fingerprint density at radius 3 is 2.40 bits per heavy atom. The van der Waals surface area contributed by atoms with Crippen molar-refractivity contribution in [1.82, 2.24) is 0 Å². The van der Waals surface area contributed by atoms with Gasteiger partial charge < -0.3 is 19.9 Å². The average Bonchev–Trinajstić information content (AvgIpc) is 2.71. The summed E-state index contributed by atoms with van der Waals surface area (Å²) in [6.07, 6.45) is 0.201. The van der Waals surface area contributed by atoms with E-state index >= 15 is 0 Å². The Kier molecular flexibility index (Phi) is 6.34. The Bertz CT molecular complexity index is 918. The van der Waals surface area contributed by atoms with Gasteiger partial charge in [-0.2, -0.15) is 0 Å². The van der Waals surface area contributed by atoms with Gasteiger partial charge in [-0.3, -0.25) is 9.59 Å². The molecule has 0 atom stereocenters. The first-order valence-electron chi connectivity index (χ1n) is 10.5. The van der Waals surface area contributed by atoms with E-state index in [9.17, 15) is 9.59 Å². The smallest absolute Gasteiger partial charge is 0.270 e. The third kappa shape index (κ3) is 4.58. The molecule has 0 bridgehead atoms. The SMILES string of the molecule is CCN(CC)c1ccc(NC(=O)CCN2C(=O)C(C)(C)Oc3ccc(C)cc32)cc1. The molecule has 6 nitrogen and oxygen atoms in total. The highest BCUT2D eigenvalue weighted by Gasteiger charge is 2.40. The maximum atomic E-state index is 12.9. The molecular formula is C24H31N3O3. The number of hydrogen-bond acceptors (Lipinski definition) is 4. The largest absolute Gasteiger partial charge is 0.476 e. The van der Waals surface area contributed by atoms with Crippen LogP contribution in [0.2, 0.25) is 0 Å². The molecule has 160 valence electrons. The second kappa shape index (κ2) is 8.78. The van der Waals surface area contributed by atoms with Crippen LogP contribution in [0, 0.1) is 6.92 Å². The van der Waals surface area contributed by atoms with Crippen molar-refractivity contribution in [1.29, 1.82) is 0 Å². The monoisotopic (exact) mass is 409 g/mol. The summed E-state index contributed by atoms with van der Waals surface area (Å²) in [4.78, 5) is 29.4. The molecule has 6 heteroatoms. The molecule has 0 aliphatic carbocycles. The van der Waals surface area contributed by atoms with E-state index in [4.69, 9.17) is 4.74 Å². The molecule has 1 aliphatic heterocycles. The lowest BCUT2D eigenvalue weighted by molar-refractivity contribution is -0.132. The molecule has 1 N–H and O–H groups in total. The van der Waals surface area contributed by atoms with Crippen LogP contribution in [-0.4, -0.2) is 37.0 Å². The van der Waals surface area contributed by atoms with E-state index in [1.807, 2.05) is 49.4 Å². The normalized spacial score (nSPS) is 14.7. The maximum Gasteiger partial charge on any atom is 0.270 e. The summed E-state index contributed by atoms with van der Waals surface area (Å²) in [5, 5.41) is 2.93. The highest BCUT2D eigenvalue weighted by molar-refractivity contribution is 6.03. The second-order valence-corrected chi connectivity index (χ2v) is 8.06. The highest BCUT2D eigenvalue weighted by atomic mass is 16.5. The first-order valence-corrected chi connectivity index (χ1v) is 10.5. The molecule has 0 unspecified atom stereocenters. The van der Waals surface area contributed by atoms with Gasteiger partial charge in [-0.1, -0.05) is 6.07 Å². The number of nitrogens with zero attached hydrogens (tertiary/aromatic N) is 2. The van der Waals surface area contributed by atoms with Crippen molar-refractivity contribution in [2.45, 2.75) is 46.6 Å². The summed E-state index contributed by atoms with van der Waals surface area (Å²) >= 11 is 0. The number of ether oxygens (including phenoxy) is 1. The topological polar surface area (TPSA) is 61.9 Å². The van der Waals surface area contributed by atoms with Crippen LogP contribution in [0.5, 0.6) is 5.75 Å². The van der Waals surface area contributed by atoms with Crippen molar-refractivity contribution in [3.63, 3.8) is 0 Å². The molecule has 3 rings (SSSR count). The van der Waals surface area contributed by atoms with Gasteiger partial charge in [0.15, 0.2) is 5.60 Å². The van der Waals surface area contributed by atoms with E-state index in [-0.39, 0.29) is 18.2 Å². The number of rotatable bonds is 7. The molecule has 2 aromatic carbocycles. The van der Waals surface area contributed by atoms with Gasteiger partial charge in [0.1, 0.15) is 5.75 Å². The first kappa shape index (κ1) is 21.7. The van der Waals surface area contributed by atoms with Gasteiger partial charge in [-0.05, 0) is 76.6 Å². The number of carbonyl (C=O) groups is 2. The molecule has 0 saturated carbocycles. The van der Waals surface area contributed by atoms with E-state index in [2.05, 4.69) is 24.1 Å². The summed E-state index contributed by atoms with van der Waals surface area (Å²) in [6, 6.07) is 13.6. The molecule has 1 aliphatic rings. The Morgan fingerprint density at radius 2 is 1.77 bits per heavy atom. The molecule has 0 fully saturated rings. The predicted molar refractivity (Wildman–Crippen MR) is 121 cm³/mol. The van der Waals surface area contributed by atoms with E-state index in [0.717, 1.165) is 35.7 Å². The second-order valence-electron chi connectivity index (χ2n) is 8.06. The van der Waals surface area contributed by atoms with Crippen LogP contribution in [0.25, 0.3) is 0 Å². The quantitative estimate of drug-likeness (QED) is 0.737. The number of nitrogens with one attached hydrogen (secondary N) is 1. The highest BCUT2D eigenvalue weighted by Crippen LogP contribution is 2.38. The van der Waals surface area contributed by atoms with Crippen LogP contribution in [0.1, 0.15) is 39.7 Å². The summed E-state index contributed by atoms with van der Waals surface area (Å²) in [5.41, 5.74) is 2.68. The molecule has 0 radical (unpaired) electrons. The number of hydrogen-bond donors (Lipinski definition) is 1. The van der Waals surface area contributed by atoms with Crippen LogP contribution in [0.4, 0.5) is 17.1 Å². The fourth-order valence-corrected chi connectivity index (χ4v) is 3.68. The van der Waals surface area contributed by atoms with Crippen LogP contribution in [-0.2, 0) is 9.59 Å². The van der Waals surface area contributed by atoms with Gasteiger partial charge in [0.05, 0.1) is 5.69 Å². The zero-order chi connectivity index (χ0) is 21.9. The molecule has 30 heavy (non-hydrogen) atoms.